The quantitative estimate of drug-likeness (QED) is 0.353. The molecular weight excluding hydrogens is 476 g/mol. The van der Waals surface area contributed by atoms with Gasteiger partial charge in [-0.2, -0.15) is 34.8 Å². The Morgan fingerprint density at radius 3 is 2.22 bits per heavy atom. The van der Waals surface area contributed by atoms with E-state index < -0.39 is 69.4 Å². The molecule has 2 aliphatic carbocycles. The van der Waals surface area contributed by atoms with Crippen LogP contribution in [0.15, 0.2) is 0 Å². The zero-order chi connectivity index (χ0) is 24.5. The van der Waals surface area contributed by atoms with Crippen LogP contribution in [0.5, 0.6) is 0 Å². The first kappa shape index (κ1) is 24.7. The van der Waals surface area contributed by atoms with Crippen molar-refractivity contribution >= 4 is 27.9 Å². The molecular formula is C17H19F6NO7S. The van der Waals surface area contributed by atoms with Crippen molar-refractivity contribution in [2.24, 2.45) is 23.2 Å². The Kier molecular flexibility index (Phi) is 5.64. The lowest BCUT2D eigenvalue weighted by molar-refractivity contribution is -0.361. The number of carbonyl (C=O) groups is 3. The van der Waals surface area contributed by atoms with E-state index in [1.54, 1.807) is 0 Å². The molecule has 8 nitrogen and oxygen atoms in total. The number of hydrogen-bond donors (Lipinski definition) is 1. The first-order valence-electron chi connectivity index (χ1n) is 9.46. The molecule has 0 spiro atoms. The molecule has 0 aromatic rings. The summed E-state index contributed by atoms with van der Waals surface area (Å²) in [6, 6.07) is 0. The Bertz CT molecular complexity index is 932. The average Bonchev–Trinajstić information content (AvgIpc) is 3.21. The van der Waals surface area contributed by atoms with Gasteiger partial charge in [-0.3, -0.25) is 23.8 Å². The average molecular weight is 495 g/mol. The molecule has 4 atom stereocenters. The predicted molar refractivity (Wildman–Crippen MR) is 91.1 cm³/mol. The summed E-state index contributed by atoms with van der Waals surface area (Å²) in [5.41, 5.74) is -6.78. The third-order valence-electron chi connectivity index (χ3n) is 6.77. The Balaban J connectivity index is 1.92. The minimum Gasteiger partial charge on any atom is -0.438 e. The third-order valence-corrected chi connectivity index (χ3v) is 7.54. The van der Waals surface area contributed by atoms with Crippen LogP contribution in [0.1, 0.15) is 32.6 Å². The normalized spacial score (nSPS) is 30.6. The second-order valence-electron chi connectivity index (χ2n) is 8.67. The number of ether oxygens (including phenoxy) is 1. The highest BCUT2D eigenvalue weighted by atomic mass is 32.2. The van der Waals surface area contributed by atoms with Crippen LogP contribution in [0.3, 0.4) is 0 Å². The van der Waals surface area contributed by atoms with Crippen molar-refractivity contribution in [2.75, 3.05) is 12.3 Å². The van der Waals surface area contributed by atoms with Gasteiger partial charge in [0.15, 0.2) is 0 Å². The van der Waals surface area contributed by atoms with Gasteiger partial charge in [-0.05, 0) is 36.5 Å². The van der Waals surface area contributed by atoms with Crippen LogP contribution in [0, 0.1) is 23.2 Å². The molecule has 3 aliphatic rings. The summed E-state index contributed by atoms with van der Waals surface area (Å²) in [4.78, 5) is 37.7. The third kappa shape index (κ3) is 3.86. The van der Waals surface area contributed by atoms with Gasteiger partial charge in [0, 0.05) is 19.4 Å². The maximum atomic E-state index is 13.4. The smallest absolute Gasteiger partial charge is 0.438 e. The first-order chi connectivity index (χ1) is 14.3. The standard InChI is InChI=1S/C17H19F6NO7S/c1-8(25)24-6-10-9-2-3-14(4-9,12(10)13(24)27)5-11(26)31-15(16(18,19)20,17(21,22)23)7-32(28,29)30/h9-10,12H,2-7H2,1H3,(H,28,29,30). The van der Waals surface area contributed by atoms with Gasteiger partial charge in [-0.1, -0.05) is 0 Å². The van der Waals surface area contributed by atoms with Gasteiger partial charge < -0.3 is 4.74 Å². The predicted octanol–water partition coefficient (Wildman–Crippen LogP) is 2.09. The lowest BCUT2D eigenvalue weighted by Gasteiger charge is -2.38. The summed E-state index contributed by atoms with van der Waals surface area (Å²) in [6.07, 6.45) is -13.0. The molecule has 0 aromatic heterocycles. The molecule has 0 radical (unpaired) electrons. The van der Waals surface area contributed by atoms with E-state index in [4.69, 9.17) is 4.55 Å². The van der Waals surface area contributed by atoms with Gasteiger partial charge in [0.25, 0.3) is 10.1 Å². The van der Waals surface area contributed by atoms with Crippen molar-refractivity contribution in [3.8, 4) is 0 Å². The van der Waals surface area contributed by atoms with Crippen LogP contribution in [-0.2, 0) is 29.2 Å². The van der Waals surface area contributed by atoms with Gasteiger partial charge in [-0.25, -0.2) is 0 Å². The monoisotopic (exact) mass is 495 g/mol. The summed E-state index contributed by atoms with van der Waals surface area (Å²) < 4.78 is 115. The Labute approximate surface area is 178 Å². The highest BCUT2D eigenvalue weighted by Crippen LogP contribution is 2.65. The molecule has 1 aliphatic heterocycles. The van der Waals surface area contributed by atoms with Crippen molar-refractivity contribution in [1.29, 1.82) is 0 Å². The summed E-state index contributed by atoms with van der Waals surface area (Å²) in [7, 11) is -5.89. The van der Waals surface area contributed by atoms with Gasteiger partial charge in [0.1, 0.15) is 5.75 Å². The maximum absolute atomic E-state index is 13.4. The fourth-order valence-corrected chi connectivity index (χ4v) is 6.44. The molecule has 32 heavy (non-hydrogen) atoms. The number of nitrogens with zero attached hydrogens (tertiary/aromatic N) is 1. The van der Waals surface area contributed by atoms with Crippen molar-refractivity contribution in [3.63, 3.8) is 0 Å². The Morgan fingerprint density at radius 2 is 1.75 bits per heavy atom. The van der Waals surface area contributed by atoms with Gasteiger partial charge in [0.05, 0.1) is 6.42 Å². The fourth-order valence-electron chi connectivity index (χ4n) is 5.54. The lowest BCUT2D eigenvalue weighted by atomic mass is 9.69. The number of carbonyl (C=O) groups excluding carboxylic acids is 3. The molecule has 2 saturated carbocycles. The van der Waals surface area contributed by atoms with Crippen LogP contribution in [0.25, 0.3) is 0 Å². The number of amides is 2. The second kappa shape index (κ2) is 7.30. The van der Waals surface area contributed by atoms with Crippen molar-refractivity contribution in [3.05, 3.63) is 0 Å². The van der Waals surface area contributed by atoms with Crippen molar-refractivity contribution in [2.45, 2.75) is 50.6 Å². The molecule has 182 valence electrons. The largest absolute Gasteiger partial charge is 0.438 e. The summed E-state index contributed by atoms with van der Waals surface area (Å²) >= 11 is 0. The molecule has 1 N–H and O–H groups in total. The van der Waals surface area contributed by atoms with Gasteiger partial charge >= 0.3 is 23.9 Å². The molecule has 2 amide bonds. The van der Waals surface area contributed by atoms with Crippen LogP contribution in [0.2, 0.25) is 0 Å². The van der Waals surface area contributed by atoms with E-state index in [1.165, 1.54) is 0 Å². The maximum Gasteiger partial charge on any atom is 0.438 e. The SMILES string of the molecule is CC(=O)N1CC2C3CCC(CC(=O)OC(CS(=O)(=O)O)(C(F)(F)F)C(F)(F)F)(C3)C2C1=O. The topological polar surface area (TPSA) is 118 Å². The summed E-state index contributed by atoms with van der Waals surface area (Å²) in [5.74, 6) is -7.63. The minimum atomic E-state index is -6.42. The van der Waals surface area contributed by atoms with E-state index in [0.29, 0.717) is 6.42 Å². The molecule has 0 aromatic carbocycles. The lowest BCUT2D eigenvalue weighted by Crippen LogP contribution is -2.63. The highest BCUT2D eigenvalue weighted by molar-refractivity contribution is 7.85. The Morgan fingerprint density at radius 1 is 1.19 bits per heavy atom. The van der Waals surface area contributed by atoms with E-state index >= 15 is 0 Å². The van der Waals surface area contributed by atoms with E-state index in [1.807, 2.05) is 0 Å². The molecule has 3 fully saturated rings. The number of esters is 1. The molecule has 15 heteroatoms. The zero-order valence-corrected chi connectivity index (χ0v) is 17.3. The van der Waals surface area contributed by atoms with E-state index in [0.717, 1.165) is 11.8 Å². The molecule has 2 bridgehead atoms. The van der Waals surface area contributed by atoms with E-state index in [2.05, 4.69) is 4.74 Å². The second-order valence-corrected chi connectivity index (χ2v) is 10.1. The molecule has 4 unspecified atom stereocenters. The zero-order valence-electron chi connectivity index (χ0n) is 16.5. The molecule has 1 saturated heterocycles. The number of fused-ring (bicyclic) bond motifs is 5. The van der Waals surface area contributed by atoms with Gasteiger partial charge in [-0.15, -0.1) is 0 Å². The van der Waals surface area contributed by atoms with Gasteiger partial charge in [0.2, 0.25) is 11.8 Å². The number of alkyl halides is 6. The molecule has 1 heterocycles. The highest BCUT2D eigenvalue weighted by Gasteiger charge is 2.76. The van der Waals surface area contributed by atoms with Crippen LogP contribution in [-0.4, -0.2) is 65.9 Å². The minimum absolute atomic E-state index is 0.0537. The van der Waals surface area contributed by atoms with Crippen LogP contribution in [0.4, 0.5) is 26.3 Å². The number of halogens is 6. The summed E-state index contributed by atoms with van der Waals surface area (Å²) in [5, 5.41) is 0. The number of likely N-dealkylation sites (tertiary alicyclic amines) is 1. The van der Waals surface area contributed by atoms with Crippen LogP contribution >= 0.6 is 0 Å². The van der Waals surface area contributed by atoms with E-state index in [-0.39, 0.29) is 31.2 Å². The number of imide groups is 1. The number of hydrogen-bond acceptors (Lipinski definition) is 6. The summed E-state index contributed by atoms with van der Waals surface area (Å²) in [6.45, 7) is 1.19. The van der Waals surface area contributed by atoms with Crippen LogP contribution < -0.4 is 0 Å². The first-order valence-corrected chi connectivity index (χ1v) is 11.1. The Hall–Kier alpha value is -1.90. The van der Waals surface area contributed by atoms with E-state index in [9.17, 15) is 49.1 Å². The fraction of sp³-hybridized carbons (Fsp3) is 0.824. The molecule has 3 rings (SSSR count). The van der Waals surface area contributed by atoms with Crippen molar-refractivity contribution in [1.82, 2.24) is 4.90 Å². The van der Waals surface area contributed by atoms with Crippen molar-refractivity contribution < 1.29 is 58.4 Å². The number of rotatable bonds is 5.